The van der Waals surface area contributed by atoms with E-state index in [4.69, 9.17) is 9.72 Å². The van der Waals surface area contributed by atoms with E-state index in [0.717, 1.165) is 58.1 Å². The summed E-state index contributed by atoms with van der Waals surface area (Å²) in [6.07, 6.45) is 1.77. The number of fused-ring (bicyclic) bond motifs is 1. The monoisotopic (exact) mass is 387 g/mol. The molecule has 1 aliphatic carbocycles. The summed E-state index contributed by atoms with van der Waals surface area (Å²) in [7, 11) is 0. The van der Waals surface area contributed by atoms with Gasteiger partial charge in [0.1, 0.15) is 17.0 Å². The molecule has 3 aromatic heterocycles. The van der Waals surface area contributed by atoms with Gasteiger partial charge in [-0.2, -0.15) is 9.47 Å². The van der Waals surface area contributed by atoms with Crippen molar-refractivity contribution in [1.82, 2.24) is 19.6 Å². The van der Waals surface area contributed by atoms with Crippen LogP contribution in [0.4, 0.5) is 10.2 Å². The number of ether oxygens (including phenoxy) is 1. The Morgan fingerprint density at radius 1 is 1.41 bits per heavy atom. The zero-order chi connectivity index (χ0) is 18.6. The van der Waals surface area contributed by atoms with Gasteiger partial charge in [0, 0.05) is 12.0 Å². The summed E-state index contributed by atoms with van der Waals surface area (Å²) in [6, 6.07) is 4.31. The molecule has 2 fully saturated rings. The van der Waals surface area contributed by atoms with E-state index in [-0.39, 0.29) is 18.1 Å². The lowest BCUT2D eigenvalue weighted by Crippen LogP contribution is -2.44. The number of aryl methyl sites for hydroxylation is 1. The summed E-state index contributed by atoms with van der Waals surface area (Å²) in [5, 5.41) is 7.27. The fourth-order valence-corrected chi connectivity index (χ4v) is 4.83. The average molecular weight is 387 g/mol. The molecule has 27 heavy (non-hydrogen) atoms. The lowest BCUT2D eigenvalue weighted by atomic mass is 9.97. The van der Waals surface area contributed by atoms with E-state index in [2.05, 4.69) is 32.5 Å². The van der Waals surface area contributed by atoms with Crippen molar-refractivity contribution >= 4 is 27.6 Å². The SMILES string of the molecule is Cc1cc(-c2nsc3c(C4(CF)CC4)cc(N4CCOC[C@H]4C)nc23)[nH]n1. The number of rotatable bonds is 4. The Balaban J connectivity index is 1.71. The van der Waals surface area contributed by atoms with E-state index in [0.29, 0.717) is 13.2 Å². The lowest BCUT2D eigenvalue weighted by Gasteiger charge is -2.34. The molecular weight excluding hydrogens is 365 g/mol. The number of aromatic nitrogens is 4. The second-order valence-corrected chi connectivity index (χ2v) is 8.46. The van der Waals surface area contributed by atoms with Crippen molar-refractivity contribution < 1.29 is 9.13 Å². The summed E-state index contributed by atoms with van der Waals surface area (Å²) in [5.74, 6) is 0.894. The number of pyridine rings is 1. The highest BCUT2D eigenvalue weighted by Gasteiger charge is 2.46. The predicted octanol–water partition coefficient (Wildman–Crippen LogP) is 3.62. The van der Waals surface area contributed by atoms with Gasteiger partial charge in [-0.15, -0.1) is 0 Å². The molecule has 0 bridgehead atoms. The Labute approximate surface area is 160 Å². The van der Waals surface area contributed by atoms with Gasteiger partial charge in [-0.3, -0.25) is 9.49 Å². The van der Waals surface area contributed by atoms with Crippen LogP contribution in [0.1, 0.15) is 31.0 Å². The van der Waals surface area contributed by atoms with Crippen LogP contribution in [0.15, 0.2) is 12.1 Å². The molecule has 3 aromatic rings. The zero-order valence-electron chi connectivity index (χ0n) is 15.5. The minimum absolute atomic E-state index is 0.238. The maximum Gasteiger partial charge on any atom is 0.130 e. The Hall–Kier alpha value is -2.06. The largest absolute Gasteiger partial charge is 0.377 e. The normalized spacial score (nSPS) is 21.7. The van der Waals surface area contributed by atoms with Gasteiger partial charge in [-0.25, -0.2) is 4.98 Å². The number of hydrogen-bond acceptors (Lipinski definition) is 6. The van der Waals surface area contributed by atoms with Crippen molar-refractivity contribution in [2.75, 3.05) is 31.3 Å². The number of hydrogen-bond donors (Lipinski definition) is 1. The topological polar surface area (TPSA) is 66.9 Å². The van der Waals surface area contributed by atoms with Crippen LogP contribution in [-0.2, 0) is 10.2 Å². The van der Waals surface area contributed by atoms with E-state index in [9.17, 15) is 4.39 Å². The van der Waals surface area contributed by atoms with Crippen molar-refractivity contribution in [1.29, 1.82) is 0 Å². The number of nitrogens with zero attached hydrogens (tertiary/aromatic N) is 4. The van der Waals surface area contributed by atoms with Crippen molar-refractivity contribution in [2.24, 2.45) is 0 Å². The molecule has 1 atom stereocenters. The molecule has 2 aliphatic rings. The van der Waals surface area contributed by atoms with Crippen LogP contribution >= 0.6 is 11.5 Å². The fourth-order valence-electron chi connectivity index (χ4n) is 3.86. The molecule has 8 heteroatoms. The summed E-state index contributed by atoms with van der Waals surface area (Å²) < 4.78 is 25.2. The minimum Gasteiger partial charge on any atom is -0.377 e. The van der Waals surface area contributed by atoms with Gasteiger partial charge in [0.25, 0.3) is 0 Å². The molecule has 0 radical (unpaired) electrons. The molecular formula is C19H22FN5OS. The molecule has 1 saturated carbocycles. The van der Waals surface area contributed by atoms with Crippen molar-refractivity contribution in [3.05, 3.63) is 23.4 Å². The van der Waals surface area contributed by atoms with Crippen LogP contribution < -0.4 is 4.90 Å². The van der Waals surface area contributed by atoms with E-state index in [1.807, 2.05) is 13.0 Å². The van der Waals surface area contributed by atoms with Gasteiger partial charge in [0.05, 0.1) is 42.0 Å². The number of morpholine rings is 1. The highest BCUT2D eigenvalue weighted by atomic mass is 32.1. The van der Waals surface area contributed by atoms with E-state index in [1.165, 1.54) is 11.5 Å². The molecule has 0 aromatic carbocycles. The van der Waals surface area contributed by atoms with Crippen molar-refractivity contribution in [2.45, 2.75) is 38.1 Å². The number of halogens is 1. The molecule has 4 heterocycles. The van der Waals surface area contributed by atoms with Crippen LogP contribution in [-0.4, -0.2) is 52.0 Å². The number of anilines is 1. The van der Waals surface area contributed by atoms with Gasteiger partial charge in [-0.1, -0.05) is 0 Å². The Morgan fingerprint density at radius 2 is 2.26 bits per heavy atom. The molecule has 1 N–H and O–H groups in total. The first-order chi connectivity index (χ1) is 13.1. The molecule has 1 saturated heterocycles. The van der Waals surface area contributed by atoms with Crippen LogP contribution in [0.2, 0.25) is 0 Å². The van der Waals surface area contributed by atoms with Gasteiger partial charge >= 0.3 is 0 Å². The lowest BCUT2D eigenvalue weighted by molar-refractivity contribution is 0.0985. The van der Waals surface area contributed by atoms with Gasteiger partial charge < -0.3 is 9.64 Å². The van der Waals surface area contributed by atoms with Crippen molar-refractivity contribution in [3.63, 3.8) is 0 Å². The summed E-state index contributed by atoms with van der Waals surface area (Å²) >= 11 is 1.41. The Morgan fingerprint density at radius 3 is 2.93 bits per heavy atom. The molecule has 5 rings (SSSR count). The Kier molecular flexibility index (Phi) is 3.94. The van der Waals surface area contributed by atoms with Crippen LogP contribution in [0.3, 0.4) is 0 Å². The zero-order valence-corrected chi connectivity index (χ0v) is 16.3. The fraction of sp³-hybridized carbons (Fsp3) is 0.526. The van der Waals surface area contributed by atoms with E-state index in [1.54, 1.807) is 0 Å². The van der Waals surface area contributed by atoms with Crippen LogP contribution in [0, 0.1) is 6.92 Å². The number of nitrogens with one attached hydrogen (secondary N) is 1. The first-order valence-electron chi connectivity index (χ1n) is 9.35. The molecule has 6 nitrogen and oxygen atoms in total. The highest BCUT2D eigenvalue weighted by Crippen LogP contribution is 2.52. The van der Waals surface area contributed by atoms with Gasteiger partial charge in [-0.05, 0) is 55.9 Å². The van der Waals surface area contributed by atoms with Crippen molar-refractivity contribution in [3.8, 4) is 11.4 Å². The summed E-state index contributed by atoms with van der Waals surface area (Å²) in [6.45, 7) is 5.90. The third-order valence-electron chi connectivity index (χ3n) is 5.72. The standard InChI is InChI=1S/C19H22FN5OS/c1-11-7-14(23-22-11)16-17-18(27-24-16)13(19(10-20)3-4-19)8-15(21-17)25-5-6-26-9-12(25)2/h7-8,12H,3-6,9-10H2,1-2H3,(H,22,23)/t12-/m1/s1. The van der Waals surface area contributed by atoms with E-state index < -0.39 is 0 Å². The highest BCUT2D eigenvalue weighted by molar-refractivity contribution is 7.13. The molecule has 0 spiro atoms. The second-order valence-electron chi connectivity index (χ2n) is 7.69. The predicted molar refractivity (Wildman–Crippen MR) is 104 cm³/mol. The van der Waals surface area contributed by atoms with Gasteiger partial charge in [0.2, 0.25) is 0 Å². The quantitative estimate of drug-likeness (QED) is 0.741. The average Bonchev–Trinajstić information content (AvgIpc) is 3.18. The second kappa shape index (κ2) is 6.24. The van der Waals surface area contributed by atoms with Crippen LogP contribution in [0.5, 0.6) is 0 Å². The Bertz CT molecular complexity index is 995. The molecule has 142 valence electrons. The smallest absolute Gasteiger partial charge is 0.130 e. The first-order valence-corrected chi connectivity index (χ1v) is 10.1. The first kappa shape index (κ1) is 17.1. The molecule has 1 aliphatic heterocycles. The number of H-pyrrole nitrogens is 1. The summed E-state index contributed by atoms with van der Waals surface area (Å²) in [4.78, 5) is 7.24. The third-order valence-corrected chi connectivity index (χ3v) is 6.59. The van der Waals surface area contributed by atoms with Crippen LogP contribution in [0.25, 0.3) is 21.6 Å². The number of aromatic amines is 1. The maximum atomic E-state index is 13.9. The third kappa shape index (κ3) is 2.73. The number of alkyl halides is 1. The molecule has 0 amide bonds. The van der Waals surface area contributed by atoms with Gasteiger partial charge in [0.15, 0.2) is 0 Å². The molecule has 0 unspecified atom stereocenters. The minimum atomic E-state index is -0.362. The summed E-state index contributed by atoms with van der Waals surface area (Å²) in [5.41, 5.74) is 4.10. The van der Waals surface area contributed by atoms with E-state index >= 15 is 0 Å². The maximum absolute atomic E-state index is 13.9.